The average Bonchev–Trinajstić information content (AvgIpc) is 2.98. The Bertz CT molecular complexity index is 847. The van der Waals surface area contributed by atoms with Crippen LogP contribution >= 0.6 is 0 Å². The molecule has 0 aliphatic carbocycles. The van der Waals surface area contributed by atoms with Crippen LogP contribution < -0.4 is 0 Å². The highest BCUT2D eigenvalue weighted by Gasteiger charge is 2.28. The minimum atomic E-state index is 0.220. The van der Waals surface area contributed by atoms with Gasteiger partial charge in [0.15, 0.2) is 0 Å². The molecule has 0 bridgehead atoms. The molecule has 0 nitrogen and oxygen atoms in total. The SMILES string of the molecule is C=C/C=C\C(=C/C)C(c1ccccc1)C(c1ccccc1)c1ccccc1.CC.CC.CC.CC. The maximum atomic E-state index is 3.85. The predicted octanol–water partition coefficient (Wildman–Crippen LogP) is 11.4. The van der Waals surface area contributed by atoms with Crippen molar-refractivity contribution in [1.82, 2.24) is 0 Å². The first kappa shape index (κ1) is 34.0. The van der Waals surface area contributed by atoms with Crippen LogP contribution in [-0.2, 0) is 0 Å². The Balaban J connectivity index is 0. The zero-order chi connectivity index (χ0) is 26.9. The highest BCUT2D eigenvalue weighted by Crippen LogP contribution is 2.43. The van der Waals surface area contributed by atoms with Gasteiger partial charge >= 0.3 is 0 Å². The van der Waals surface area contributed by atoms with E-state index in [1.165, 1.54) is 22.3 Å². The molecule has 3 rings (SSSR count). The lowest BCUT2D eigenvalue weighted by molar-refractivity contribution is 0.692. The standard InChI is InChI=1S/C27H26.4C2H6/c1-3-5-15-22(4-2)26(23-16-9-6-10-17-23)27(24-18-11-7-12-19-24)25-20-13-8-14-21-25;4*1-2/h3-21,26-27H,1H2,2H3;4*1-2H3/b15-5-,22-4+;;;;. The highest BCUT2D eigenvalue weighted by atomic mass is 14.3. The van der Waals surface area contributed by atoms with Gasteiger partial charge in [-0.3, -0.25) is 0 Å². The van der Waals surface area contributed by atoms with Gasteiger partial charge in [-0.15, -0.1) is 0 Å². The van der Waals surface area contributed by atoms with Gasteiger partial charge in [0.05, 0.1) is 0 Å². The van der Waals surface area contributed by atoms with E-state index in [9.17, 15) is 0 Å². The highest BCUT2D eigenvalue weighted by molar-refractivity contribution is 5.46. The van der Waals surface area contributed by atoms with E-state index in [-0.39, 0.29) is 11.8 Å². The van der Waals surface area contributed by atoms with Crippen LogP contribution in [-0.4, -0.2) is 0 Å². The summed E-state index contributed by atoms with van der Waals surface area (Å²) in [6.45, 7) is 22.0. The Labute approximate surface area is 218 Å². The molecule has 1 unspecified atom stereocenters. The van der Waals surface area contributed by atoms with Gasteiger partial charge in [0.25, 0.3) is 0 Å². The molecule has 0 N–H and O–H groups in total. The monoisotopic (exact) mass is 470 g/mol. The summed E-state index contributed by atoms with van der Waals surface area (Å²) in [5.41, 5.74) is 5.25. The van der Waals surface area contributed by atoms with Crippen LogP contribution in [0.5, 0.6) is 0 Å². The Kier molecular flexibility index (Phi) is 23.4. The second-order valence-corrected chi connectivity index (χ2v) is 6.57. The molecular formula is C35H50. The Hall–Kier alpha value is -3.12. The van der Waals surface area contributed by atoms with Crippen molar-refractivity contribution in [3.05, 3.63) is 144 Å². The quantitative estimate of drug-likeness (QED) is 0.301. The molecule has 0 saturated carbocycles. The molecule has 0 radical (unpaired) electrons. The van der Waals surface area contributed by atoms with Crippen LogP contribution in [0.2, 0.25) is 0 Å². The zero-order valence-corrected chi connectivity index (χ0v) is 23.8. The van der Waals surface area contributed by atoms with Crippen molar-refractivity contribution >= 4 is 0 Å². The van der Waals surface area contributed by atoms with Crippen molar-refractivity contribution in [1.29, 1.82) is 0 Å². The van der Waals surface area contributed by atoms with Gasteiger partial charge in [-0.1, -0.05) is 177 Å². The maximum absolute atomic E-state index is 3.85. The first-order valence-corrected chi connectivity index (χ1v) is 13.4. The van der Waals surface area contributed by atoms with E-state index in [0.29, 0.717) is 0 Å². The summed E-state index contributed by atoms with van der Waals surface area (Å²) in [6, 6.07) is 32.4. The molecule has 0 aliphatic heterocycles. The van der Waals surface area contributed by atoms with Crippen molar-refractivity contribution in [2.75, 3.05) is 0 Å². The molecular weight excluding hydrogens is 420 g/mol. The zero-order valence-electron chi connectivity index (χ0n) is 23.8. The molecule has 3 aromatic rings. The van der Waals surface area contributed by atoms with Gasteiger partial charge in [-0.2, -0.15) is 0 Å². The normalized spacial score (nSPS) is 10.7. The molecule has 0 heterocycles. The minimum absolute atomic E-state index is 0.220. The Morgan fingerprint density at radius 3 is 1.23 bits per heavy atom. The fourth-order valence-corrected chi connectivity index (χ4v) is 3.69. The van der Waals surface area contributed by atoms with Crippen molar-refractivity contribution in [2.24, 2.45) is 0 Å². The second-order valence-electron chi connectivity index (χ2n) is 6.57. The van der Waals surface area contributed by atoms with E-state index in [1.807, 2.05) is 67.5 Å². The Morgan fingerprint density at radius 2 is 0.914 bits per heavy atom. The smallest absolute Gasteiger partial charge is 0.0199 e. The van der Waals surface area contributed by atoms with Gasteiger partial charge in [-0.25, -0.2) is 0 Å². The molecule has 1 atom stereocenters. The number of hydrogen-bond acceptors (Lipinski definition) is 0. The summed E-state index contributed by atoms with van der Waals surface area (Å²) in [5, 5.41) is 0. The number of allylic oxidation sites excluding steroid dienone is 5. The molecule has 0 heteroatoms. The van der Waals surface area contributed by atoms with E-state index in [0.717, 1.165) is 0 Å². The third-order valence-corrected chi connectivity index (χ3v) is 4.93. The number of benzene rings is 3. The third-order valence-electron chi connectivity index (χ3n) is 4.93. The van der Waals surface area contributed by atoms with E-state index in [2.05, 4.69) is 117 Å². The van der Waals surface area contributed by atoms with Crippen LogP contribution in [0.1, 0.15) is 90.8 Å². The second kappa shape index (κ2) is 24.0. The third kappa shape index (κ3) is 11.7. The summed E-state index contributed by atoms with van der Waals surface area (Å²) >= 11 is 0. The molecule has 3 aromatic carbocycles. The van der Waals surface area contributed by atoms with Gasteiger partial charge in [-0.05, 0) is 29.2 Å². The lowest BCUT2D eigenvalue weighted by Gasteiger charge is -2.30. The first-order chi connectivity index (χ1) is 17.3. The fourth-order valence-electron chi connectivity index (χ4n) is 3.69. The van der Waals surface area contributed by atoms with E-state index in [1.54, 1.807) is 0 Å². The van der Waals surface area contributed by atoms with Crippen LogP contribution in [0.3, 0.4) is 0 Å². The molecule has 0 spiro atoms. The lowest BCUT2D eigenvalue weighted by atomic mass is 9.73. The number of rotatable bonds is 7. The molecule has 190 valence electrons. The topological polar surface area (TPSA) is 0 Å². The molecule has 0 fully saturated rings. The van der Waals surface area contributed by atoms with E-state index in [4.69, 9.17) is 0 Å². The van der Waals surface area contributed by atoms with Gasteiger partial charge < -0.3 is 0 Å². The van der Waals surface area contributed by atoms with Crippen LogP contribution in [0.15, 0.2) is 127 Å². The molecule has 35 heavy (non-hydrogen) atoms. The molecule has 0 aromatic heterocycles. The van der Waals surface area contributed by atoms with Crippen molar-refractivity contribution < 1.29 is 0 Å². The van der Waals surface area contributed by atoms with Crippen LogP contribution in [0.4, 0.5) is 0 Å². The van der Waals surface area contributed by atoms with Crippen molar-refractivity contribution in [2.45, 2.75) is 74.1 Å². The van der Waals surface area contributed by atoms with E-state index >= 15 is 0 Å². The van der Waals surface area contributed by atoms with Gasteiger partial charge in [0.1, 0.15) is 0 Å². The van der Waals surface area contributed by atoms with Gasteiger partial charge in [0.2, 0.25) is 0 Å². The summed E-state index contributed by atoms with van der Waals surface area (Å²) in [5.74, 6) is 0.452. The molecule has 0 saturated heterocycles. The predicted molar refractivity (Wildman–Crippen MR) is 162 cm³/mol. The first-order valence-electron chi connectivity index (χ1n) is 13.4. The van der Waals surface area contributed by atoms with Crippen LogP contribution in [0.25, 0.3) is 0 Å². The Morgan fingerprint density at radius 1 is 0.571 bits per heavy atom. The summed E-state index contributed by atoms with van der Waals surface area (Å²) in [7, 11) is 0. The minimum Gasteiger partial charge on any atom is -0.0991 e. The molecule has 0 amide bonds. The summed E-state index contributed by atoms with van der Waals surface area (Å²) in [4.78, 5) is 0. The summed E-state index contributed by atoms with van der Waals surface area (Å²) < 4.78 is 0. The largest absolute Gasteiger partial charge is 0.0991 e. The summed E-state index contributed by atoms with van der Waals surface area (Å²) in [6.07, 6.45) is 8.27. The number of hydrogen-bond donors (Lipinski definition) is 0. The average molecular weight is 471 g/mol. The van der Waals surface area contributed by atoms with Crippen molar-refractivity contribution in [3.8, 4) is 0 Å². The van der Waals surface area contributed by atoms with E-state index < -0.39 is 0 Å². The van der Waals surface area contributed by atoms with Crippen molar-refractivity contribution in [3.63, 3.8) is 0 Å². The maximum Gasteiger partial charge on any atom is 0.0199 e. The lowest BCUT2D eigenvalue weighted by Crippen LogP contribution is -2.15. The van der Waals surface area contributed by atoms with Crippen LogP contribution in [0, 0.1) is 0 Å². The fraction of sp³-hybridized carbons (Fsp3) is 0.314. The molecule has 0 aliphatic rings. The van der Waals surface area contributed by atoms with Gasteiger partial charge in [0, 0.05) is 11.8 Å².